The number of aryl methyl sites for hydroxylation is 1. The van der Waals surface area contributed by atoms with Crippen LogP contribution in [0.2, 0.25) is 5.02 Å². The van der Waals surface area contributed by atoms with Gasteiger partial charge in [0.25, 0.3) is 0 Å². The number of pyridine rings is 1. The summed E-state index contributed by atoms with van der Waals surface area (Å²) in [7, 11) is 0. The maximum atomic E-state index is 9.12. The van der Waals surface area contributed by atoms with Crippen molar-refractivity contribution in [2.75, 3.05) is 0 Å². The van der Waals surface area contributed by atoms with E-state index >= 15 is 0 Å². The molecule has 1 aromatic heterocycles. The van der Waals surface area contributed by atoms with Gasteiger partial charge in [0.15, 0.2) is 0 Å². The molecule has 18 heavy (non-hydrogen) atoms. The summed E-state index contributed by atoms with van der Waals surface area (Å²) in [4.78, 5) is 4.06. The molecule has 0 amide bonds. The fourth-order valence-electron chi connectivity index (χ4n) is 1.44. The van der Waals surface area contributed by atoms with Crippen LogP contribution in [0.25, 0.3) is 0 Å². The zero-order valence-electron chi connectivity index (χ0n) is 9.65. The minimum Gasteiger partial charge on any atom is -0.438 e. The second-order valence-corrected chi connectivity index (χ2v) is 5.07. The molecule has 94 valence electrons. The van der Waals surface area contributed by atoms with E-state index in [1.165, 1.54) is 6.20 Å². The van der Waals surface area contributed by atoms with Gasteiger partial charge in [-0.15, -0.1) is 0 Å². The largest absolute Gasteiger partial charge is 0.438 e. The van der Waals surface area contributed by atoms with Crippen LogP contribution in [-0.4, -0.2) is 10.1 Å². The Labute approximate surface area is 119 Å². The average molecular weight is 329 g/mol. The van der Waals surface area contributed by atoms with E-state index in [4.69, 9.17) is 21.4 Å². The molecule has 5 heteroatoms. The minimum atomic E-state index is -0.146. The predicted molar refractivity (Wildman–Crippen MR) is 74.1 cm³/mol. The van der Waals surface area contributed by atoms with E-state index in [-0.39, 0.29) is 6.61 Å². The van der Waals surface area contributed by atoms with Crippen molar-refractivity contribution < 1.29 is 9.84 Å². The number of nitrogens with zero attached hydrogens (tertiary/aromatic N) is 1. The quantitative estimate of drug-likeness (QED) is 0.922. The Bertz CT molecular complexity index is 575. The van der Waals surface area contributed by atoms with Gasteiger partial charge in [-0.3, -0.25) is 0 Å². The van der Waals surface area contributed by atoms with E-state index < -0.39 is 0 Å². The third kappa shape index (κ3) is 3.02. The first-order valence-corrected chi connectivity index (χ1v) is 6.46. The molecule has 0 atom stereocenters. The van der Waals surface area contributed by atoms with Gasteiger partial charge < -0.3 is 9.84 Å². The van der Waals surface area contributed by atoms with E-state index in [9.17, 15) is 0 Å². The molecular formula is C13H11BrClNO2. The van der Waals surface area contributed by atoms with Gasteiger partial charge in [-0.25, -0.2) is 4.98 Å². The summed E-state index contributed by atoms with van der Waals surface area (Å²) in [5.41, 5.74) is 1.72. The Kier molecular flexibility index (Phi) is 4.22. The second kappa shape index (κ2) is 5.69. The molecule has 0 saturated carbocycles. The Morgan fingerprint density at radius 1 is 1.39 bits per heavy atom. The van der Waals surface area contributed by atoms with Crippen molar-refractivity contribution in [3.63, 3.8) is 0 Å². The topological polar surface area (TPSA) is 42.4 Å². The van der Waals surface area contributed by atoms with Crippen LogP contribution < -0.4 is 4.74 Å². The van der Waals surface area contributed by atoms with Crippen molar-refractivity contribution in [2.45, 2.75) is 13.5 Å². The summed E-state index contributed by atoms with van der Waals surface area (Å²) < 4.78 is 6.49. The standard InChI is InChI=1S/C13H11BrClNO2/c1-8-2-3-12(10(14)4-8)18-13-5-9(7-17)11(15)6-16-13/h2-6,17H,7H2,1H3. The van der Waals surface area contributed by atoms with Crippen LogP contribution in [0.3, 0.4) is 0 Å². The van der Waals surface area contributed by atoms with Gasteiger partial charge in [0.2, 0.25) is 5.88 Å². The molecule has 1 aromatic carbocycles. The number of aliphatic hydroxyl groups excluding tert-OH is 1. The van der Waals surface area contributed by atoms with Gasteiger partial charge in [0.05, 0.1) is 16.1 Å². The molecule has 2 rings (SSSR count). The number of hydrogen-bond donors (Lipinski definition) is 1. The monoisotopic (exact) mass is 327 g/mol. The summed E-state index contributed by atoms with van der Waals surface area (Å²) in [6, 6.07) is 7.38. The van der Waals surface area contributed by atoms with Gasteiger partial charge in [-0.1, -0.05) is 17.7 Å². The lowest BCUT2D eigenvalue weighted by Crippen LogP contribution is -1.93. The zero-order valence-corrected chi connectivity index (χ0v) is 12.0. The molecule has 0 radical (unpaired) electrons. The third-order valence-electron chi connectivity index (χ3n) is 2.38. The highest BCUT2D eigenvalue weighted by molar-refractivity contribution is 9.10. The lowest BCUT2D eigenvalue weighted by atomic mass is 10.2. The molecular weight excluding hydrogens is 318 g/mol. The van der Waals surface area contributed by atoms with Gasteiger partial charge in [-0.2, -0.15) is 0 Å². The maximum Gasteiger partial charge on any atom is 0.219 e. The van der Waals surface area contributed by atoms with Crippen molar-refractivity contribution >= 4 is 27.5 Å². The van der Waals surface area contributed by atoms with Gasteiger partial charge >= 0.3 is 0 Å². The smallest absolute Gasteiger partial charge is 0.219 e. The summed E-state index contributed by atoms with van der Waals surface area (Å²) in [5.74, 6) is 1.06. The average Bonchev–Trinajstić information content (AvgIpc) is 2.35. The molecule has 0 bridgehead atoms. The van der Waals surface area contributed by atoms with E-state index in [2.05, 4.69) is 20.9 Å². The second-order valence-electron chi connectivity index (χ2n) is 3.81. The molecule has 0 fully saturated rings. The van der Waals surface area contributed by atoms with Crippen LogP contribution in [0.1, 0.15) is 11.1 Å². The van der Waals surface area contributed by atoms with Crippen LogP contribution >= 0.6 is 27.5 Å². The Morgan fingerprint density at radius 3 is 2.83 bits per heavy atom. The lowest BCUT2D eigenvalue weighted by Gasteiger charge is -2.09. The molecule has 0 aliphatic rings. The highest BCUT2D eigenvalue weighted by atomic mass is 79.9. The third-order valence-corrected chi connectivity index (χ3v) is 3.34. The molecule has 0 aliphatic carbocycles. The minimum absolute atomic E-state index is 0.146. The van der Waals surface area contributed by atoms with Crippen molar-refractivity contribution in [1.29, 1.82) is 0 Å². The first-order chi connectivity index (χ1) is 8.60. The number of ether oxygens (including phenoxy) is 1. The first-order valence-electron chi connectivity index (χ1n) is 5.29. The van der Waals surface area contributed by atoms with Crippen LogP contribution in [0.4, 0.5) is 0 Å². The number of halogens is 2. The summed E-state index contributed by atoms with van der Waals surface area (Å²) in [5, 5.41) is 9.55. The van der Waals surface area contributed by atoms with Crippen LogP contribution in [0, 0.1) is 6.92 Å². The van der Waals surface area contributed by atoms with Crippen molar-refractivity contribution in [3.05, 3.63) is 51.1 Å². The van der Waals surface area contributed by atoms with Gasteiger partial charge in [0, 0.05) is 17.8 Å². The van der Waals surface area contributed by atoms with Crippen LogP contribution in [-0.2, 0) is 6.61 Å². The number of rotatable bonds is 3. The number of aliphatic hydroxyl groups is 1. The summed E-state index contributed by atoms with van der Waals surface area (Å²) in [6.07, 6.45) is 1.46. The number of benzene rings is 1. The predicted octanol–water partition coefficient (Wildman–Crippen LogP) is 4.09. The first kappa shape index (κ1) is 13.3. The number of hydrogen-bond acceptors (Lipinski definition) is 3. The Morgan fingerprint density at radius 2 is 2.17 bits per heavy atom. The van der Waals surface area contributed by atoms with E-state index in [0.29, 0.717) is 22.2 Å². The lowest BCUT2D eigenvalue weighted by molar-refractivity contribution is 0.281. The van der Waals surface area contributed by atoms with Crippen molar-refractivity contribution in [1.82, 2.24) is 4.98 Å². The molecule has 0 aliphatic heterocycles. The van der Waals surface area contributed by atoms with Crippen LogP contribution in [0.5, 0.6) is 11.6 Å². The van der Waals surface area contributed by atoms with Gasteiger partial charge in [-0.05, 0) is 40.5 Å². The molecule has 0 unspecified atom stereocenters. The zero-order chi connectivity index (χ0) is 13.1. The molecule has 1 N–H and O–H groups in total. The van der Waals surface area contributed by atoms with E-state index in [1.807, 2.05) is 25.1 Å². The molecule has 0 saturated heterocycles. The van der Waals surface area contributed by atoms with Crippen molar-refractivity contribution in [3.8, 4) is 11.6 Å². The summed E-state index contributed by atoms with van der Waals surface area (Å²) >= 11 is 9.29. The molecule has 1 heterocycles. The fourth-order valence-corrected chi connectivity index (χ4v) is 2.17. The Hall–Kier alpha value is -1.10. The van der Waals surface area contributed by atoms with E-state index in [0.717, 1.165) is 10.0 Å². The fraction of sp³-hybridized carbons (Fsp3) is 0.154. The SMILES string of the molecule is Cc1ccc(Oc2cc(CO)c(Cl)cn2)c(Br)c1. The maximum absolute atomic E-state index is 9.12. The van der Waals surface area contributed by atoms with Crippen molar-refractivity contribution in [2.24, 2.45) is 0 Å². The number of aromatic nitrogens is 1. The normalized spacial score (nSPS) is 10.4. The molecule has 2 aromatic rings. The van der Waals surface area contributed by atoms with Gasteiger partial charge in [0.1, 0.15) is 5.75 Å². The highest BCUT2D eigenvalue weighted by Crippen LogP contribution is 2.30. The molecule has 0 spiro atoms. The summed E-state index contributed by atoms with van der Waals surface area (Å²) in [6.45, 7) is 1.85. The molecule has 3 nitrogen and oxygen atoms in total. The highest BCUT2D eigenvalue weighted by Gasteiger charge is 2.07. The van der Waals surface area contributed by atoms with Crippen LogP contribution in [0.15, 0.2) is 34.9 Å². The Balaban J connectivity index is 2.28. The van der Waals surface area contributed by atoms with E-state index in [1.54, 1.807) is 6.07 Å².